The number of nitriles is 1. The summed E-state index contributed by atoms with van der Waals surface area (Å²) in [6.07, 6.45) is 4.99. The molecule has 4 aliphatic heterocycles. The number of ether oxygens (including phenoxy) is 6. The van der Waals surface area contributed by atoms with Crippen molar-refractivity contribution >= 4 is 40.8 Å². The van der Waals surface area contributed by atoms with E-state index in [-0.39, 0.29) is 72.2 Å². The molecular formula is C51H70N8O10S. The number of hydrogen-bond acceptors (Lipinski definition) is 15. The van der Waals surface area contributed by atoms with E-state index in [0.717, 1.165) is 67.9 Å². The van der Waals surface area contributed by atoms with Crippen LogP contribution in [0.4, 0.5) is 5.69 Å². The van der Waals surface area contributed by atoms with E-state index in [1.165, 1.54) is 4.90 Å². The molecule has 10 atom stereocenters. The molecule has 4 aliphatic carbocycles. The number of methoxy groups -OCH3 is 2. The molecule has 4 spiro atoms. The van der Waals surface area contributed by atoms with Gasteiger partial charge in [0.1, 0.15) is 5.54 Å². The Balaban J connectivity index is 0.000000193. The first kappa shape index (κ1) is 53.2. The zero-order chi connectivity index (χ0) is 51.2. The normalized spacial score (nSPS) is 35.0. The average Bonchev–Trinajstić information content (AvgIpc) is 4.17. The number of nitrogens with zero attached hydrogens (tertiary/aromatic N) is 5. The van der Waals surface area contributed by atoms with Crippen LogP contribution in [0.15, 0.2) is 41.4 Å². The zero-order valence-corrected chi connectivity index (χ0v) is 42.7. The van der Waals surface area contributed by atoms with Crippen molar-refractivity contribution in [1.29, 1.82) is 5.26 Å². The smallest absolute Gasteiger partial charge is 0.262 e. The fourth-order valence-corrected chi connectivity index (χ4v) is 14.6. The monoisotopic (exact) mass is 986 g/mol. The highest BCUT2D eigenvalue weighted by Gasteiger charge is 2.70. The van der Waals surface area contributed by atoms with E-state index in [9.17, 15) is 14.9 Å². The molecule has 4 heterocycles. The minimum Gasteiger partial charge on any atom is -0.400 e. The lowest BCUT2D eigenvalue weighted by Gasteiger charge is -2.51. The molecule has 2 amide bonds. The molecule has 3 saturated heterocycles. The van der Waals surface area contributed by atoms with E-state index in [0.29, 0.717) is 42.8 Å². The number of guanidine groups is 1. The van der Waals surface area contributed by atoms with Crippen molar-refractivity contribution in [3.05, 3.63) is 75.6 Å². The fraction of sp³-hybridized carbons (Fsp3) is 0.647. The number of amides is 2. The number of rotatable bonds is 6. The summed E-state index contributed by atoms with van der Waals surface area (Å²) in [6, 6.07) is 13.6. The van der Waals surface area contributed by atoms with Crippen LogP contribution in [-0.2, 0) is 61.9 Å². The van der Waals surface area contributed by atoms with Gasteiger partial charge in [-0.3, -0.25) is 19.4 Å². The molecule has 0 aromatic heterocycles. The van der Waals surface area contributed by atoms with Gasteiger partial charge in [-0.15, -0.1) is 0 Å². The van der Waals surface area contributed by atoms with E-state index in [1.807, 2.05) is 50.2 Å². The maximum absolute atomic E-state index is 14.4. The van der Waals surface area contributed by atoms with Gasteiger partial charge < -0.3 is 49.8 Å². The lowest BCUT2D eigenvalue weighted by molar-refractivity contribution is -0.164. The number of aliphatic imine (C=N–C) groups is 1. The quantitative estimate of drug-likeness (QED) is 0.149. The summed E-state index contributed by atoms with van der Waals surface area (Å²) in [5, 5.41) is 27.0. The average molecular weight is 987 g/mol. The zero-order valence-electron chi connectivity index (χ0n) is 41.9. The molecule has 10 rings (SSSR count). The van der Waals surface area contributed by atoms with Gasteiger partial charge in [-0.2, -0.15) is 5.26 Å². The number of thiocarbonyl (C=S) groups is 1. The van der Waals surface area contributed by atoms with Crippen molar-refractivity contribution in [2.24, 2.45) is 51.1 Å². The van der Waals surface area contributed by atoms with Crippen LogP contribution in [0.1, 0.15) is 95.0 Å². The number of hydrogen-bond donors (Lipinski definition) is 5. The van der Waals surface area contributed by atoms with Crippen LogP contribution in [0.5, 0.6) is 0 Å². The van der Waals surface area contributed by atoms with Gasteiger partial charge in [0.25, 0.3) is 11.8 Å². The predicted octanol–water partition coefficient (Wildman–Crippen LogP) is 4.78. The number of nitrogens with one attached hydrogen (secondary N) is 1. The molecule has 380 valence electrons. The second-order valence-corrected chi connectivity index (χ2v) is 21.2. The van der Waals surface area contributed by atoms with Crippen molar-refractivity contribution < 1.29 is 48.3 Å². The molecule has 2 saturated carbocycles. The number of aliphatic hydroxyl groups is 1. The van der Waals surface area contributed by atoms with E-state index in [2.05, 4.69) is 49.8 Å². The Bertz CT molecular complexity index is 2400. The summed E-state index contributed by atoms with van der Waals surface area (Å²) < 4.78 is 34.8. The van der Waals surface area contributed by atoms with E-state index < -0.39 is 28.1 Å². The number of carbonyl (C=O) groups is 2. The molecule has 2 aromatic carbocycles. The Morgan fingerprint density at radius 3 is 1.77 bits per heavy atom. The number of aliphatic hydroxyl groups excluding tert-OH is 1. The first-order valence-electron chi connectivity index (χ1n) is 24.0. The second-order valence-electron chi connectivity index (χ2n) is 20.8. The van der Waals surface area contributed by atoms with Gasteiger partial charge in [-0.05, 0) is 123 Å². The van der Waals surface area contributed by atoms with Gasteiger partial charge in [0.15, 0.2) is 33.9 Å². The van der Waals surface area contributed by atoms with Crippen molar-refractivity contribution in [2.75, 3.05) is 60.8 Å². The lowest BCUT2D eigenvalue weighted by atomic mass is 9.56. The maximum atomic E-state index is 14.4. The SMILES string of the molecule is CO.COC1[C@H](C)CC2(Cc3ccc(C#N)cc3[C@]23N=C(N)N(CC2(C)OCCO2)C3=O)C[C@@H]1C.NO.[C-]#[N+]c1ccc2c(c1)[C@]1(NC(=S)N(CC3(C)OCCO3)C1=O)C1(C2)C[C@@H](C)C(OC)[C@@H](C)C1. The summed E-state index contributed by atoms with van der Waals surface area (Å²) in [6.45, 7) is 22.4. The van der Waals surface area contributed by atoms with Crippen LogP contribution in [-0.4, -0.2) is 128 Å². The number of benzene rings is 2. The topological polar surface area (TPSA) is 241 Å². The maximum Gasteiger partial charge on any atom is 0.262 e. The third-order valence-electron chi connectivity index (χ3n) is 16.4. The van der Waals surface area contributed by atoms with E-state index in [4.69, 9.17) is 68.3 Å². The first-order valence-corrected chi connectivity index (χ1v) is 24.5. The summed E-state index contributed by atoms with van der Waals surface area (Å²) >= 11 is 5.76. The van der Waals surface area contributed by atoms with Crippen molar-refractivity contribution in [2.45, 2.75) is 115 Å². The molecule has 5 fully saturated rings. The summed E-state index contributed by atoms with van der Waals surface area (Å²) in [5.74, 6) is 2.73. The highest BCUT2D eigenvalue weighted by atomic mass is 32.1. The molecule has 18 nitrogen and oxygen atoms in total. The minimum atomic E-state index is -1.16. The van der Waals surface area contributed by atoms with Crippen LogP contribution in [0.2, 0.25) is 0 Å². The third-order valence-corrected chi connectivity index (χ3v) is 16.7. The minimum absolute atomic E-state index is 0.0658. The van der Waals surface area contributed by atoms with Gasteiger partial charge in [-0.1, -0.05) is 52.0 Å². The highest BCUT2D eigenvalue weighted by Crippen LogP contribution is 2.65. The molecule has 0 radical (unpaired) electrons. The molecule has 4 unspecified atom stereocenters. The van der Waals surface area contributed by atoms with Crippen LogP contribution in [0.25, 0.3) is 4.85 Å². The van der Waals surface area contributed by atoms with Crippen molar-refractivity contribution in [3.8, 4) is 6.07 Å². The summed E-state index contributed by atoms with van der Waals surface area (Å²) in [7, 11) is 4.53. The highest BCUT2D eigenvalue weighted by molar-refractivity contribution is 7.80. The largest absolute Gasteiger partial charge is 0.400 e. The molecule has 0 bridgehead atoms. The third kappa shape index (κ3) is 8.39. The van der Waals surface area contributed by atoms with Crippen molar-refractivity contribution in [3.63, 3.8) is 0 Å². The van der Waals surface area contributed by atoms with Crippen molar-refractivity contribution in [1.82, 2.24) is 15.1 Å². The molecule has 7 N–H and O–H groups in total. The van der Waals surface area contributed by atoms with Gasteiger partial charge in [0.2, 0.25) is 0 Å². The Hall–Kier alpha value is -4.64. The number of fused-ring (bicyclic) bond motifs is 6. The van der Waals surface area contributed by atoms with Gasteiger partial charge >= 0.3 is 0 Å². The van der Waals surface area contributed by atoms with E-state index in [1.54, 1.807) is 19.1 Å². The molecular weight excluding hydrogens is 917 g/mol. The van der Waals surface area contributed by atoms with Gasteiger partial charge in [-0.25, -0.2) is 15.7 Å². The van der Waals surface area contributed by atoms with Crippen LogP contribution >= 0.6 is 12.2 Å². The fourth-order valence-electron chi connectivity index (χ4n) is 14.3. The lowest BCUT2D eigenvalue weighted by Crippen LogP contribution is -2.59. The molecule has 19 heteroatoms. The number of nitrogens with two attached hydrogens (primary N) is 2. The van der Waals surface area contributed by atoms with Crippen LogP contribution < -0.4 is 16.9 Å². The summed E-state index contributed by atoms with van der Waals surface area (Å²) in [4.78, 5) is 40.6. The Labute approximate surface area is 416 Å². The van der Waals surface area contributed by atoms with Crippen LogP contribution in [0, 0.1) is 52.4 Å². The molecule has 70 heavy (non-hydrogen) atoms. The Morgan fingerprint density at radius 2 is 1.27 bits per heavy atom. The molecule has 2 aromatic rings. The first-order chi connectivity index (χ1) is 33.4. The van der Waals surface area contributed by atoms with Gasteiger partial charge in [0.05, 0.1) is 69.9 Å². The Morgan fingerprint density at radius 1 is 0.800 bits per heavy atom. The Kier molecular flexibility index (Phi) is 15.3. The number of carbonyl (C=O) groups excluding carboxylic acids is 2. The predicted molar refractivity (Wildman–Crippen MR) is 262 cm³/mol. The van der Waals surface area contributed by atoms with Crippen LogP contribution in [0.3, 0.4) is 0 Å². The summed E-state index contributed by atoms with van der Waals surface area (Å²) in [5.41, 5.74) is 8.42. The van der Waals surface area contributed by atoms with Gasteiger partial charge in [0, 0.05) is 32.2 Å². The van der Waals surface area contributed by atoms with E-state index >= 15 is 0 Å². The molecule has 8 aliphatic rings. The standard InChI is InChI=1S/C25H32N4O4.C25H31N3O4S.CH4O.H3NO/c1-15-10-24(11-16(2)20(15)31-4)12-18-6-5-17(13-26)9-19(18)25(24)21(30)29(22(27)28-25)14-23(3)32-7-8-33-23;1-15-11-24(12-16(2)20(15)30-5)13-17-6-7-18(26-4)10-19(17)25(24)21(29)28(22(33)27-25)14-23(3)31-8-9-32-23;2*1-2/h5-6,9,15-16,20H,7-8,10-12,14H2,1-4H3,(H2,27,28);6-7,10,15-16,20H,8-9,11-14H2,1-3,5H3,(H,27,33);2H,1H3;2H,1H2/t2*15-,16+,20?,24?,25-;;/m11../s1. The second kappa shape index (κ2) is 20.1.